The van der Waals surface area contributed by atoms with Crippen LogP contribution in [0.15, 0.2) is 82.6 Å². The minimum absolute atomic E-state index is 0.0504. The van der Waals surface area contributed by atoms with Gasteiger partial charge >= 0.3 is 0 Å². The van der Waals surface area contributed by atoms with Crippen LogP contribution in [0.25, 0.3) is 10.9 Å². The molecule has 0 saturated heterocycles. The topological polar surface area (TPSA) is 62.9 Å². The third-order valence-corrected chi connectivity index (χ3v) is 7.74. The van der Waals surface area contributed by atoms with Gasteiger partial charge in [-0.1, -0.05) is 59.6 Å². The number of aromatic nitrogens is 1. The summed E-state index contributed by atoms with van der Waals surface area (Å²) >= 11 is 7.79. The fourth-order valence-corrected chi connectivity index (χ4v) is 6.14. The molecule has 0 aliphatic carbocycles. The largest absolute Gasteiger partial charge is 0.269 e. The minimum atomic E-state index is -3.96. The maximum Gasteiger partial charge on any atom is 0.269 e. The fourth-order valence-electron chi connectivity index (χ4n) is 3.24. The number of nitriles is 1. The molecule has 7 heteroatoms. The summed E-state index contributed by atoms with van der Waals surface area (Å²) in [4.78, 5) is 0.842. The van der Waals surface area contributed by atoms with E-state index in [-0.39, 0.29) is 10.6 Å². The van der Waals surface area contributed by atoms with Crippen LogP contribution < -0.4 is 0 Å². The van der Waals surface area contributed by atoms with Gasteiger partial charge < -0.3 is 0 Å². The molecule has 0 radical (unpaired) electrons. The molecule has 3 aromatic carbocycles. The number of hydrogen-bond acceptors (Lipinski definition) is 4. The second-order valence-electron chi connectivity index (χ2n) is 6.84. The number of hydrogen-bond donors (Lipinski definition) is 0. The minimum Gasteiger partial charge on any atom is -0.223 e. The molecule has 0 spiro atoms. The van der Waals surface area contributed by atoms with Crippen molar-refractivity contribution >= 4 is 44.3 Å². The third kappa shape index (κ3) is 3.84. The van der Waals surface area contributed by atoms with E-state index in [9.17, 15) is 13.7 Å². The molecule has 0 bridgehead atoms. The van der Waals surface area contributed by atoms with Crippen LogP contribution in [0.4, 0.5) is 0 Å². The van der Waals surface area contributed by atoms with Crippen molar-refractivity contribution in [1.82, 2.24) is 3.97 Å². The van der Waals surface area contributed by atoms with Crippen molar-refractivity contribution in [3.63, 3.8) is 0 Å². The Bertz CT molecular complexity index is 1370. The molecule has 30 heavy (non-hydrogen) atoms. The van der Waals surface area contributed by atoms with Gasteiger partial charge in [-0.3, -0.25) is 0 Å². The van der Waals surface area contributed by atoms with Crippen molar-refractivity contribution in [2.45, 2.75) is 22.5 Å². The Labute approximate surface area is 184 Å². The summed E-state index contributed by atoms with van der Waals surface area (Å²) in [6.07, 6.45) is 0. The van der Waals surface area contributed by atoms with Crippen LogP contribution in [0, 0.1) is 18.3 Å². The molecule has 0 unspecified atom stereocenters. The Morgan fingerprint density at radius 2 is 1.73 bits per heavy atom. The number of aryl methyl sites for hydroxylation is 1. The van der Waals surface area contributed by atoms with Crippen molar-refractivity contribution in [2.75, 3.05) is 0 Å². The predicted octanol–water partition coefficient (Wildman–Crippen LogP) is 6.00. The van der Waals surface area contributed by atoms with Gasteiger partial charge in [0.15, 0.2) is 0 Å². The molecule has 4 rings (SSSR count). The zero-order valence-electron chi connectivity index (χ0n) is 16.0. The molecular weight excluding hydrogens is 436 g/mol. The Kier molecular flexibility index (Phi) is 5.61. The lowest BCUT2D eigenvalue weighted by Crippen LogP contribution is -2.15. The van der Waals surface area contributed by atoms with Crippen molar-refractivity contribution in [3.05, 3.63) is 94.6 Å². The first-order valence-electron chi connectivity index (χ1n) is 9.14. The van der Waals surface area contributed by atoms with Gasteiger partial charge in [-0.05, 0) is 42.8 Å². The number of rotatable bonds is 5. The highest BCUT2D eigenvalue weighted by Crippen LogP contribution is 2.37. The van der Waals surface area contributed by atoms with Crippen LogP contribution in [0.3, 0.4) is 0 Å². The second-order valence-corrected chi connectivity index (χ2v) is 10.1. The molecule has 0 saturated carbocycles. The van der Waals surface area contributed by atoms with E-state index in [1.54, 1.807) is 42.5 Å². The molecule has 4 nitrogen and oxygen atoms in total. The maximum absolute atomic E-state index is 13.5. The average Bonchev–Trinajstić information content (AvgIpc) is 3.12. The van der Waals surface area contributed by atoms with E-state index in [0.717, 1.165) is 15.1 Å². The summed E-state index contributed by atoms with van der Waals surface area (Å²) in [5.74, 6) is 0.647. The third-order valence-electron chi connectivity index (χ3n) is 4.69. The highest BCUT2D eigenvalue weighted by Gasteiger charge is 2.25. The van der Waals surface area contributed by atoms with Crippen molar-refractivity contribution in [3.8, 4) is 6.07 Å². The van der Waals surface area contributed by atoms with E-state index in [0.29, 0.717) is 26.6 Å². The van der Waals surface area contributed by atoms with E-state index in [4.69, 9.17) is 11.6 Å². The molecule has 150 valence electrons. The Hall–Kier alpha value is -2.72. The summed E-state index contributed by atoms with van der Waals surface area (Å²) in [6, 6.07) is 23.5. The van der Waals surface area contributed by atoms with Crippen LogP contribution in [0.2, 0.25) is 5.02 Å². The van der Waals surface area contributed by atoms with Crippen LogP contribution in [-0.2, 0) is 15.8 Å². The molecule has 1 heterocycles. The number of benzene rings is 3. The van der Waals surface area contributed by atoms with Gasteiger partial charge in [0.2, 0.25) is 0 Å². The van der Waals surface area contributed by atoms with E-state index < -0.39 is 10.0 Å². The summed E-state index contributed by atoms with van der Waals surface area (Å²) < 4.78 is 28.1. The van der Waals surface area contributed by atoms with Crippen LogP contribution in [-0.4, -0.2) is 12.4 Å². The number of halogens is 1. The lowest BCUT2D eigenvalue weighted by Gasteiger charge is -2.12. The van der Waals surface area contributed by atoms with E-state index in [2.05, 4.69) is 0 Å². The van der Waals surface area contributed by atoms with Gasteiger partial charge in [-0.25, -0.2) is 12.4 Å². The molecule has 0 aliphatic rings. The van der Waals surface area contributed by atoms with Crippen molar-refractivity contribution < 1.29 is 8.42 Å². The standard InChI is InChI=1S/C23H17ClN2O2S2/c1-16-7-9-21(10-8-16)30(27,28)26-20(14-25)12-18-11-19(24)13-22(23(18)26)29-15-17-5-3-2-4-6-17/h2-13H,15H2,1H3. The van der Waals surface area contributed by atoms with Crippen LogP contribution in [0.1, 0.15) is 16.8 Å². The van der Waals surface area contributed by atoms with Crippen molar-refractivity contribution in [2.24, 2.45) is 0 Å². The quantitative estimate of drug-likeness (QED) is 0.348. The number of fused-ring (bicyclic) bond motifs is 1. The smallest absolute Gasteiger partial charge is 0.223 e. The molecule has 0 aliphatic heterocycles. The SMILES string of the molecule is Cc1ccc(S(=O)(=O)n2c(C#N)cc3cc(Cl)cc(SCc4ccccc4)c32)cc1. The predicted molar refractivity (Wildman–Crippen MR) is 121 cm³/mol. The van der Waals surface area contributed by atoms with Crippen LogP contribution >= 0.6 is 23.4 Å². The summed E-state index contributed by atoms with van der Waals surface area (Å²) in [5.41, 5.74) is 2.58. The Morgan fingerprint density at radius 1 is 1.03 bits per heavy atom. The number of thioether (sulfide) groups is 1. The zero-order valence-corrected chi connectivity index (χ0v) is 18.4. The maximum atomic E-state index is 13.5. The monoisotopic (exact) mass is 452 g/mol. The van der Waals surface area contributed by atoms with Crippen LogP contribution in [0.5, 0.6) is 0 Å². The first-order valence-corrected chi connectivity index (χ1v) is 11.9. The van der Waals surface area contributed by atoms with Gasteiger partial charge in [-0.2, -0.15) is 5.26 Å². The Balaban J connectivity index is 1.90. The summed E-state index contributed by atoms with van der Waals surface area (Å²) in [5, 5.41) is 10.8. The summed E-state index contributed by atoms with van der Waals surface area (Å²) in [7, 11) is -3.96. The molecule has 1 aromatic heterocycles. The molecule has 4 aromatic rings. The molecule has 0 amide bonds. The van der Waals surface area contributed by atoms with E-state index in [1.165, 1.54) is 11.8 Å². The van der Waals surface area contributed by atoms with E-state index in [1.807, 2.05) is 43.3 Å². The first-order chi connectivity index (χ1) is 14.4. The van der Waals surface area contributed by atoms with Gasteiger partial charge in [0, 0.05) is 21.1 Å². The second kappa shape index (κ2) is 8.19. The number of nitrogens with zero attached hydrogens (tertiary/aromatic N) is 2. The zero-order chi connectivity index (χ0) is 21.3. The summed E-state index contributed by atoms with van der Waals surface area (Å²) in [6.45, 7) is 1.89. The molecule has 0 N–H and O–H groups in total. The average molecular weight is 453 g/mol. The molecular formula is C23H17ClN2O2S2. The van der Waals surface area contributed by atoms with Gasteiger partial charge in [0.25, 0.3) is 10.0 Å². The lowest BCUT2D eigenvalue weighted by atomic mass is 10.2. The molecule has 0 fully saturated rings. The normalized spacial score (nSPS) is 11.5. The first kappa shape index (κ1) is 20.5. The Morgan fingerprint density at radius 3 is 2.40 bits per heavy atom. The highest BCUT2D eigenvalue weighted by molar-refractivity contribution is 7.98. The van der Waals surface area contributed by atoms with Gasteiger partial charge in [0.05, 0.1) is 10.4 Å². The van der Waals surface area contributed by atoms with Gasteiger partial charge in [-0.15, -0.1) is 11.8 Å². The fraction of sp³-hybridized carbons (Fsp3) is 0.0870. The highest BCUT2D eigenvalue weighted by atomic mass is 35.5. The van der Waals surface area contributed by atoms with Gasteiger partial charge in [0.1, 0.15) is 11.8 Å². The lowest BCUT2D eigenvalue weighted by molar-refractivity contribution is 0.588. The van der Waals surface area contributed by atoms with Crippen molar-refractivity contribution in [1.29, 1.82) is 5.26 Å². The molecule has 0 atom stereocenters. The van der Waals surface area contributed by atoms with E-state index >= 15 is 0 Å².